The lowest BCUT2D eigenvalue weighted by molar-refractivity contribution is -0.139. The van der Waals surface area contributed by atoms with E-state index in [2.05, 4.69) is 15.3 Å². The van der Waals surface area contributed by atoms with Crippen LogP contribution < -0.4 is 5.32 Å². The lowest BCUT2D eigenvalue weighted by atomic mass is 9.95. The molecular weight excluding hydrogens is 310 g/mol. The van der Waals surface area contributed by atoms with Crippen LogP contribution in [0.4, 0.5) is 4.79 Å². The summed E-state index contributed by atoms with van der Waals surface area (Å²) in [5.74, 6) is -0.455. The Balaban J connectivity index is 1.65. The highest BCUT2D eigenvalue weighted by atomic mass is 16.2. The molecule has 24 heavy (non-hydrogen) atoms. The van der Waals surface area contributed by atoms with Gasteiger partial charge in [-0.05, 0) is 26.7 Å². The summed E-state index contributed by atoms with van der Waals surface area (Å²) < 4.78 is 0. The number of hydrogen-bond donors (Lipinski definition) is 1. The fraction of sp³-hybridized carbons (Fsp3) is 0.562. The molecule has 8 nitrogen and oxygen atoms in total. The summed E-state index contributed by atoms with van der Waals surface area (Å²) in [6.45, 7) is 4.19. The molecule has 2 aliphatic rings. The van der Waals surface area contributed by atoms with Crippen LogP contribution in [0.1, 0.15) is 38.3 Å². The maximum atomic E-state index is 12.5. The van der Waals surface area contributed by atoms with E-state index in [1.165, 1.54) is 0 Å². The summed E-state index contributed by atoms with van der Waals surface area (Å²) in [5, 5.41) is 2.58. The molecule has 1 atom stereocenters. The summed E-state index contributed by atoms with van der Waals surface area (Å²) in [4.78, 5) is 47.7. The average molecular weight is 331 g/mol. The Morgan fingerprint density at radius 1 is 1.38 bits per heavy atom. The largest absolute Gasteiger partial charge is 0.340 e. The van der Waals surface area contributed by atoms with Crippen LogP contribution >= 0.6 is 0 Å². The van der Waals surface area contributed by atoms with Gasteiger partial charge in [0.15, 0.2) is 0 Å². The minimum Gasteiger partial charge on any atom is -0.340 e. The van der Waals surface area contributed by atoms with Crippen molar-refractivity contribution in [2.45, 2.75) is 38.1 Å². The highest BCUT2D eigenvalue weighted by Crippen LogP contribution is 2.25. The molecule has 1 aromatic heterocycles. The van der Waals surface area contributed by atoms with Gasteiger partial charge in [-0.1, -0.05) is 0 Å². The summed E-state index contributed by atoms with van der Waals surface area (Å²) in [6.07, 6.45) is 6.79. The van der Waals surface area contributed by atoms with Gasteiger partial charge in [0, 0.05) is 37.6 Å². The molecule has 3 rings (SSSR count). The number of amides is 4. The molecule has 0 aliphatic carbocycles. The van der Waals surface area contributed by atoms with Crippen LogP contribution in [0.5, 0.6) is 0 Å². The fourth-order valence-corrected chi connectivity index (χ4v) is 3.16. The molecule has 2 saturated heterocycles. The number of nitrogens with one attached hydrogen (secondary N) is 1. The van der Waals surface area contributed by atoms with E-state index in [9.17, 15) is 14.4 Å². The fourth-order valence-electron chi connectivity index (χ4n) is 3.16. The Labute approximate surface area is 140 Å². The third-order valence-corrected chi connectivity index (χ3v) is 4.51. The standard InChI is InChI=1S/C16H21N5O3/c1-16(2)14(23)21(15(24)19-16)10-13(22)20-7-3-4-11(9-20)12-8-17-5-6-18-12/h5-6,8,11H,3-4,7,9-10H2,1-2H3,(H,19,24)/t11-/m1/s1. The molecule has 0 unspecified atom stereocenters. The molecular formula is C16H21N5O3. The molecule has 0 saturated carbocycles. The van der Waals surface area contributed by atoms with E-state index in [1.54, 1.807) is 37.3 Å². The molecule has 8 heteroatoms. The zero-order chi connectivity index (χ0) is 17.3. The van der Waals surface area contributed by atoms with Gasteiger partial charge < -0.3 is 10.2 Å². The van der Waals surface area contributed by atoms with E-state index < -0.39 is 11.6 Å². The van der Waals surface area contributed by atoms with Gasteiger partial charge in [0.2, 0.25) is 5.91 Å². The average Bonchev–Trinajstić information content (AvgIpc) is 2.77. The number of urea groups is 1. The van der Waals surface area contributed by atoms with Crippen molar-refractivity contribution in [1.82, 2.24) is 25.1 Å². The number of likely N-dealkylation sites (tertiary alicyclic amines) is 1. The molecule has 2 fully saturated rings. The van der Waals surface area contributed by atoms with Crippen LogP contribution in [0.2, 0.25) is 0 Å². The second-order valence-corrected chi connectivity index (χ2v) is 6.76. The number of rotatable bonds is 3. The van der Waals surface area contributed by atoms with E-state index in [4.69, 9.17) is 0 Å². The van der Waals surface area contributed by atoms with Crippen LogP contribution in [-0.4, -0.2) is 62.8 Å². The van der Waals surface area contributed by atoms with Crippen molar-refractivity contribution in [3.8, 4) is 0 Å². The molecule has 0 bridgehead atoms. The van der Waals surface area contributed by atoms with Crippen LogP contribution in [0, 0.1) is 0 Å². The van der Waals surface area contributed by atoms with Crippen LogP contribution in [0.15, 0.2) is 18.6 Å². The Bertz CT molecular complexity index is 661. The number of aromatic nitrogens is 2. The lowest BCUT2D eigenvalue weighted by Crippen LogP contribution is -2.47. The number of piperidine rings is 1. The first-order chi connectivity index (χ1) is 11.4. The van der Waals surface area contributed by atoms with E-state index >= 15 is 0 Å². The number of carbonyl (C=O) groups is 3. The molecule has 1 aromatic rings. The van der Waals surface area contributed by atoms with Crippen molar-refractivity contribution >= 4 is 17.8 Å². The van der Waals surface area contributed by atoms with Crippen molar-refractivity contribution in [2.24, 2.45) is 0 Å². The number of imide groups is 1. The zero-order valence-corrected chi connectivity index (χ0v) is 13.9. The van der Waals surface area contributed by atoms with Crippen LogP contribution in [-0.2, 0) is 9.59 Å². The predicted octanol–water partition coefficient (Wildman–Crippen LogP) is 0.513. The minimum absolute atomic E-state index is 0.135. The molecule has 0 aromatic carbocycles. The highest BCUT2D eigenvalue weighted by Gasteiger charge is 2.45. The van der Waals surface area contributed by atoms with Crippen LogP contribution in [0.3, 0.4) is 0 Å². The van der Waals surface area contributed by atoms with Gasteiger partial charge in [0.25, 0.3) is 5.91 Å². The maximum Gasteiger partial charge on any atom is 0.325 e. The molecule has 0 radical (unpaired) electrons. The minimum atomic E-state index is -0.957. The molecule has 128 valence electrons. The Kier molecular flexibility index (Phi) is 4.21. The van der Waals surface area contributed by atoms with E-state index in [-0.39, 0.29) is 24.3 Å². The number of hydrogen-bond acceptors (Lipinski definition) is 5. The summed E-state index contributed by atoms with van der Waals surface area (Å²) in [5.41, 5.74) is -0.0901. The summed E-state index contributed by atoms with van der Waals surface area (Å²) in [7, 11) is 0. The molecule has 3 heterocycles. The highest BCUT2D eigenvalue weighted by molar-refractivity contribution is 6.08. The Morgan fingerprint density at radius 2 is 2.17 bits per heavy atom. The number of nitrogens with zero attached hydrogens (tertiary/aromatic N) is 4. The second-order valence-electron chi connectivity index (χ2n) is 6.76. The zero-order valence-electron chi connectivity index (χ0n) is 13.9. The van der Waals surface area contributed by atoms with Gasteiger partial charge in [0.05, 0.1) is 5.69 Å². The first-order valence-electron chi connectivity index (χ1n) is 8.06. The predicted molar refractivity (Wildman–Crippen MR) is 84.9 cm³/mol. The Morgan fingerprint density at radius 3 is 2.79 bits per heavy atom. The van der Waals surface area contributed by atoms with Gasteiger partial charge in [-0.25, -0.2) is 4.79 Å². The molecule has 4 amide bonds. The van der Waals surface area contributed by atoms with Crippen molar-refractivity contribution in [3.63, 3.8) is 0 Å². The van der Waals surface area contributed by atoms with Gasteiger partial charge >= 0.3 is 6.03 Å². The maximum absolute atomic E-state index is 12.5. The lowest BCUT2D eigenvalue weighted by Gasteiger charge is -2.33. The normalized spacial score (nSPS) is 23.3. The first kappa shape index (κ1) is 16.4. The van der Waals surface area contributed by atoms with Crippen molar-refractivity contribution < 1.29 is 14.4 Å². The van der Waals surface area contributed by atoms with Gasteiger partial charge in [-0.15, -0.1) is 0 Å². The first-order valence-corrected chi connectivity index (χ1v) is 8.06. The number of carbonyl (C=O) groups excluding carboxylic acids is 3. The molecule has 1 N–H and O–H groups in total. The molecule has 0 spiro atoms. The quantitative estimate of drug-likeness (QED) is 0.814. The second kappa shape index (κ2) is 6.18. The van der Waals surface area contributed by atoms with Crippen molar-refractivity contribution in [3.05, 3.63) is 24.3 Å². The van der Waals surface area contributed by atoms with E-state index in [0.717, 1.165) is 23.4 Å². The smallest absolute Gasteiger partial charge is 0.325 e. The van der Waals surface area contributed by atoms with Crippen LogP contribution in [0.25, 0.3) is 0 Å². The third-order valence-electron chi connectivity index (χ3n) is 4.51. The van der Waals surface area contributed by atoms with Crippen molar-refractivity contribution in [1.29, 1.82) is 0 Å². The van der Waals surface area contributed by atoms with Gasteiger partial charge in [-0.3, -0.25) is 24.5 Å². The van der Waals surface area contributed by atoms with E-state index in [0.29, 0.717) is 13.1 Å². The van der Waals surface area contributed by atoms with E-state index in [1.807, 2.05) is 0 Å². The topological polar surface area (TPSA) is 95.5 Å². The summed E-state index contributed by atoms with van der Waals surface area (Å²) in [6, 6.07) is -0.513. The SMILES string of the molecule is CC1(C)NC(=O)N(CC(=O)N2CCC[C@@H](c3cnccn3)C2)C1=O. The van der Waals surface area contributed by atoms with Gasteiger partial charge in [-0.2, -0.15) is 0 Å². The monoisotopic (exact) mass is 331 g/mol. The summed E-state index contributed by atoms with van der Waals surface area (Å²) >= 11 is 0. The van der Waals surface area contributed by atoms with Gasteiger partial charge in [0.1, 0.15) is 12.1 Å². The molecule has 2 aliphatic heterocycles. The Hall–Kier alpha value is -2.51. The third kappa shape index (κ3) is 3.08. The van der Waals surface area contributed by atoms with Crippen molar-refractivity contribution in [2.75, 3.05) is 19.6 Å².